The summed E-state index contributed by atoms with van der Waals surface area (Å²) in [7, 11) is 0. The van der Waals surface area contributed by atoms with E-state index in [1.54, 1.807) is 4.68 Å². The first kappa shape index (κ1) is 13.1. The molecule has 0 aliphatic rings. The van der Waals surface area contributed by atoms with Crippen LogP contribution in [-0.2, 0) is 12.3 Å². The van der Waals surface area contributed by atoms with Gasteiger partial charge >= 0.3 is 0 Å². The lowest BCUT2D eigenvalue weighted by atomic mass is 10.2. The van der Waals surface area contributed by atoms with Gasteiger partial charge in [0.1, 0.15) is 5.52 Å². The Kier molecular flexibility index (Phi) is 3.65. The van der Waals surface area contributed by atoms with Gasteiger partial charge < -0.3 is 0 Å². The molecule has 0 unspecified atom stereocenters. The van der Waals surface area contributed by atoms with E-state index < -0.39 is 0 Å². The summed E-state index contributed by atoms with van der Waals surface area (Å²) in [6.45, 7) is 2.14. The van der Waals surface area contributed by atoms with Crippen LogP contribution in [0.1, 0.15) is 24.6 Å². The number of hydrogen-bond donors (Lipinski definition) is 0. The summed E-state index contributed by atoms with van der Waals surface area (Å²) >= 11 is 5.98. The van der Waals surface area contributed by atoms with Crippen LogP contribution >= 0.6 is 11.6 Å². The van der Waals surface area contributed by atoms with Crippen molar-refractivity contribution >= 4 is 22.6 Å². The van der Waals surface area contributed by atoms with Gasteiger partial charge in [0.2, 0.25) is 0 Å². The molecule has 0 atom stereocenters. The zero-order valence-electron chi connectivity index (χ0n) is 11.3. The van der Waals surface area contributed by atoms with Crippen molar-refractivity contribution in [2.75, 3.05) is 0 Å². The molecule has 0 radical (unpaired) electrons. The fourth-order valence-electron chi connectivity index (χ4n) is 2.24. The predicted octanol–water partition coefficient (Wildman–Crippen LogP) is 3.51. The van der Waals surface area contributed by atoms with E-state index in [0.29, 0.717) is 5.88 Å². The van der Waals surface area contributed by atoms with Gasteiger partial charge in [-0.15, -0.1) is 16.7 Å². The van der Waals surface area contributed by atoms with Crippen LogP contribution in [0.3, 0.4) is 0 Å². The number of pyridine rings is 1. The van der Waals surface area contributed by atoms with Crippen molar-refractivity contribution in [2.24, 2.45) is 0 Å². The summed E-state index contributed by atoms with van der Waals surface area (Å²) in [6, 6.07) is 11.9. The van der Waals surface area contributed by atoms with Crippen molar-refractivity contribution in [3.05, 3.63) is 47.7 Å². The Morgan fingerprint density at radius 1 is 1.20 bits per heavy atom. The fraction of sp³-hybridized carbons (Fsp3) is 0.267. The molecule has 0 fully saturated rings. The molecule has 102 valence electrons. The molecule has 3 aromatic rings. The summed E-state index contributed by atoms with van der Waals surface area (Å²) in [6.07, 6.45) is 1.99. The molecular weight excluding hydrogens is 272 g/mol. The summed E-state index contributed by atoms with van der Waals surface area (Å²) in [5.41, 5.74) is 3.91. The average Bonchev–Trinajstić information content (AvgIpc) is 2.91. The monoisotopic (exact) mass is 286 g/mol. The first-order chi connectivity index (χ1) is 9.81. The largest absolute Gasteiger partial charge is 0.234 e. The van der Waals surface area contributed by atoms with Gasteiger partial charge in [0.05, 0.1) is 5.52 Å². The van der Waals surface area contributed by atoms with Crippen LogP contribution in [0.2, 0.25) is 0 Å². The zero-order chi connectivity index (χ0) is 13.9. The number of rotatable bonds is 4. The van der Waals surface area contributed by atoms with Crippen molar-refractivity contribution in [3.63, 3.8) is 0 Å². The van der Waals surface area contributed by atoms with E-state index in [4.69, 9.17) is 11.6 Å². The lowest BCUT2D eigenvalue weighted by molar-refractivity contribution is 0.782. The molecule has 0 aliphatic heterocycles. The van der Waals surface area contributed by atoms with Crippen LogP contribution in [0.15, 0.2) is 36.4 Å². The Hall–Kier alpha value is -1.94. The van der Waals surface area contributed by atoms with E-state index in [9.17, 15) is 0 Å². The summed E-state index contributed by atoms with van der Waals surface area (Å²) < 4.78 is 1.77. The van der Waals surface area contributed by atoms with Gasteiger partial charge in [0, 0.05) is 11.6 Å². The Morgan fingerprint density at radius 2 is 2.05 bits per heavy atom. The molecule has 0 saturated carbocycles. The van der Waals surface area contributed by atoms with Crippen LogP contribution in [0.25, 0.3) is 16.9 Å². The lowest BCUT2D eigenvalue weighted by Gasteiger charge is -2.07. The molecule has 2 heterocycles. The Morgan fingerprint density at radius 3 is 2.85 bits per heavy atom. The minimum atomic E-state index is 0.471. The number of benzene rings is 1. The van der Waals surface area contributed by atoms with Crippen molar-refractivity contribution in [1.29, 1.82) is 0 Å². The van der Waals surface area contributed by atoms with E-state index >= 15 is 0 Å². The molecule has 0 aliphatic carbocycles. The number of fused-ring (bicyclic) bond motifs is 1. The van der Waals surface area contributed by atoms with Gasteiger partial charge in [0.15, 0.2) is 5.82 Å². The van der Waals surface area contributed by atoms with Crippen molar-refractivity contribution in [3.8, 4) is 5.82 Å². The smallest absolute Gasteiger partial charge is 0.156 e. The molecule has 2 aromatic heterocycles. The standard InChI is InChI=1S/C15H15ClN4/c1-2-5-12-8-11(10-16)9-15(17-12)20-14-7-4-3-6-13(14)18-19-20/h3-4,6-9H,2,5,10H2,1H3. The van der Waals surface area contributed by atoms with Crippen LogP contribution in [0.5, 0.6) is 0 Å². The number of halogens is 1. The van der Waals surface area contributed by atoms with Crippen molar-refractivity contribution in [1.82, 2.24) is 20.0 Å². The number of aromatic nitrogens is 4. The highest BCUT2D eigenvalue weighted by atomic mass is 35.5. The molecule has 0 bridgehead atoms. The number of alkyl halides is 1. The first-order valence-electron chi connectivity index (χ1n) is 6.68. The number of para-hydroxylation sites is 1. The van der Waals surface area contributed by atoms with Crippen LogP contribution in [0, 0.1) is 0 Å². The number of aryl methyl sites for hydroxylation is 1. The van der Waals surface area contributed by atoms with E-state index in [1.165, 1.54) is 0 Å². The third kappa shape index (κ3) is 2.39. The fourth-order valence-corrected chi connectivity index (χ4v) is 2.40. The Balaban J connectivity index is 2.15. The van der Waals surface area contributed by atoms with Gasteiger partial charge in [-0.1, -0.05) is 30.7 Å². The normalized spacial score (nSPS) is 11.1. The lowest BCUT2D eigenvalue weighted by Crippen LogP contribution is -2.04. The number of nitrogens with zero attached hydrogens (tertiary/aromatic N) is 4. The maximum atomic E-state index is 5.98. The molecule has 5 heteroatoms. The second-order valence-corrected chi connectivity index (χ2v) is 4.97. The SMILES string of the molecule is CCCc1cc(CCl)cc(-n2nnc3ccccc32)n1. The van der Waals surface area contributed by atoms with Crippen LogP contribution in [-0.4, -0.2) is 20.0 Å². The van der Waals surface area contributed by atoms with E-state index in [2.05, 4.69) is 28.3 Å². The van der Waals surface area contributed by atoms with Gasteiger partial charge in [-0.2, -0.15) is 4.68 Å². The van der Waals surface area contributed by atoms with E-state index in [-0.39, 0.29) is 0 Å². The molecule has 20 heavy (non-hydrogen) atoms. The van der Waals surface area contributed by atoms with Crippen LogP contribution in [0.4, 0.5) is 0 Å². The minimum absolute atomic E-state index is 0.471. The maximum Gasteiger partial charge on any atom is 0.156 e. The molecule has 0 saturated heterocycles. The summed E-state index contributed by atoms with van der Waals surface area (Å²) in [5.74, 6) is 1.25. The van der Waals surface area contributed by atoms with E-state index in [0.717, 1.165) is 41.0 Å². The molecular formula is C15H15ClN4. The molecule has 1 aromatic carbocycles. The second kappa shape index (κ2) is 5.59. The average molecular weight is 287 g/mol. The highest BCUT2D eigenvalue weighted by Gasteiger charge is 2.09. The Labute approximate surface area is 122 Å². The number of hydrogen-bond acceptors (Lipinski definition) is 3. The zero-order valence-corrected chi connectivity index (χ0v) is 12.0. The quantitative estimate of drug-likeness (QED) is 0.689. The minimum Gasteiger partial charge on any atom is -0.234 e. The maximum absolute atomic E-state index is 5.98. The Bertz CT molecular complexity index is 736. The third-order valence-electron chi connectivity index (χ3n) is 3.15. The van der Waals surface area contributed by atoms with Gasteiger partial charge in [0.25, 0.3) is 0 Å². The molecule has 0 amide bonds. The highest BCUT2D eigenvalue weighted by Crippen LogP contribution is 2.17. The molecule has 0 N–H and O–H groups in total. The van der Waals surface area contributed by atoms with Gasteiger partial charge in [-0.05, 0) is 36.2 Å². The second-order valence-electron chi connectivity index (χ2n) is 4.70. The van der Waals surface area contributed by atoms with Crippen LogP contribution < -0.4 is 0 Å². The highest BCUT2D eigenvalue weighted by molar-refractivity contribution is 6.17. The van der Waals surface area contributed by atoms with Crippen molar-refractivity contribution < 1.29 is 0 Å². The van der Waals surface area contributed by atoms with Crippen molar-refractivity contribution in [2.45, 2.75) is 25.6 Å². The first-order valence-corrected chi connectivity index (χ1v) is 7.22. The topological polar surface area (TPSA) is 43.6 Å². The predicted molar refractivity (Wildman–Crippen MR) is 80.2 cm³/mol. The van der Waals surface area contributed by atoms with Gasteiger partial charge in [-0.25, -0.2) is 4.98 Å². The summed E-state index contributed by atoms with van der Waals surface area (Å²) in [5, 5.41) is 8.37. The molecule has 0 spiro atoms. The third-order valence-corrected chi connectivity index (χ3v) is 3.46. The van der Waals surface area contributed by atoms with Gasteiger partial charge in [-0.3, -0.25) is 0 Å². The molecule has 4 nitrogen and oxygen atoms in total. The summed E-state index contributed by atoms with van der Waals surface area (Å²) in [4.78, 5) is 4.67. The molecule has 3 rings (SSSR count). The van der Waals surface area contributed by atoms with E-state index in [1.807, 2.05) is 30.3 Å².